The first kappa shape index (κ1) is 18.0. The molecule has 2 N–H and O–H groups in total. The third kappa shape index (κ3) is 4.56. The molecule has 24 heavy (non-hydrogen) atoms. The molecule has 0 fully saturated rings. The minimum absolute atomic E-state index is 0.0789. The number of benzene rings is 2. The molecule has 0 amide bonds. The smallest absolute Gasteiger partial charge is 0.335 e. The van der Waals surface area contributed by atoms with Gasteiger partial charge in [0.15, 0.2) is 0 Å². The van der Waals surface area contributed by atoms with Crippen LogP contribution in [-0.2, 0) is 10.0 Å². The minimum atomic E-state index is -3.88. The van der Waals surface area contributed by atoms with Crippen LogP contribution in [0, 0.1) is 0 Å². The molecule has 0 unspecified atom stereocenters. The van der Waals surface area contributed by atoms with Crippen molar-refractivity contribution >= 4 is 16.0 Å². The van der Waals surface area contributed by atoms with Gasteiger partial charge in [-0.1, -0.05) is 31.5 Å². The molecule has 0 saturated carbocycles. The third-order valence-electron chi connectivity index (χ3n) is 3.27. The lowest BCUT2D eigenvalue weighted by Crippen LogP contribution is -2.25. The number of sulfonamides is 1. The average molecular weight is 349 g/mol. The monoisotopic (exact) mass is 349 g/mol. The number of ether oxygens (including phenoxy) is 1. The Balaban J connectivity index is 2.41. The molecule has 0 heterocycles. The van der Waals surface area contributed by atoms with Crippen LogP contribution in [0.3, 0.4) is 0 Å². The lowest BCUT2D eigenvalue weighted by molar-refractivity contribution is 0.0696. The molecule has 7 heteroatoms. The maximum atomic E-state index is 12.5. The van der Waals surface area contributed by atoms with E-state index in [0.717, 1.165) is 12.5 Å². The maximum Gasteiger partial charge on any atom is 0.335 e. The fourth-order valence-corrected chi connectivity index (χ4v) is 3.24. The highest BCUT2D eigenvalue weighted by molar-refractivity contribution is 7.89. The Kier molecular flexibility index (Phi) is 5.94. The van der Waals surface area contributed by atoms with E-state index in [1.54, 1.807) is 24.3 Å². The van der Waals surface area contributed by atoms with Crippen LogP contribution >= 0.6 is 0 Å². The predicted molar refractivity (Wildman–Crippen MR) is 90.0 cm³/mol. The summed E-state index contributed by atoms with van der Waals surface area (Å²) in [5, 5.41) is 9.11. The van der Waals surface area contributed by atoms with Gasteiger partial charge in [0.05, 0.1) is 5.56 Å². The lowest BCUT2D eigenvalue weighted by atomic mass is 10.2. The quantitative estimate of drug-likeness (QED) is 0.714. The molecule has 0 aromatic heterocycles. The molecular weight excluding hydrogens is 330 g/mol. The molecule has 0 spiro atoms. The first-order valence-corrected chi connectivity index (χ1v) is 9.02. The number of carboxylic acids is 1. The Morgan fingerprint density at radius 1 is 1.17 bits per heavy atom. The Morgan fingerprint density at radius 3 is 2.50 bits per heavy atom. The van der Waals surface area contributed by atoms with Gasteiger partial charge in [0.1, 0.15) is 16.4 Å². The van der Waals surface area contributed by atoms with Crippen molar-refractivity contribution in [3.63, 3.8) is 0 Å². The second kappa shape index (κ2) is 7.94. The lowest BCUT2D eigenvalue weighted by Gasteiger charge is -2.13. The molecule has 2 aromatic carbocycles. The molecule has 128 valence electrons. The molecule has 0 aliphatic heterocycles. The van der Waals surface area contributed by atoms with E-state index in [2.05, 4.69) is 4.72 Å². The van der Waals surface area contributed by atoms with Crippen LogP contribution < -0.4 is 9.46 Å². The molecule has 0 atom stereocenters. The Labute approximate surface area is 141 Å². The van der Waals surface area contributed by atoms with E-state index < -0.39 is 16.0 Å². The van der Waals surface area contributed by atoms with E-state index >= 15 is 0 Å². The highest BCUT2D eigenvalue weighted by Crippen LogP contribution is 2.29. The van der Waals surface area contributed by atoms with E-state index in [0.29, 0.717) is 12.2 Å². The van der Waals surface area contributed by atoms with Gasteiger partial charge in [0, 0.05) is 6.54 Å². The Bertz CT molecular complexity index is 803. The minimum Gasteiger partial charge on any atom is -0.478 e. The van der Waals surface area contributed by atoms with Crippen molar-refractivity contribution in [2.24, 2.45) is 0 Å². The van der Waals surface area contributed by atoms with Crippen molar-refractivity contribution in [1.29, 1.82) is 0 Å². The first-order valence-electron chi connectivity index (χ1n) is 7.54. The van der Waals surface area contributed by atoms with Crippen LogP contribution in [0.25, 0.3) is 0 Å². The van der Waals surface area contributed by atoms with E-state index in [1.807, 2.05) is 13.0 Å². The number of unbranched alkanes of at least 4 members (excludes halogenated alkanes) is 1. The van der Waals surface area contributed by atoms with Crippen LogP contribution in [-0.4, -0.2) is 26.0 Å². The Morgan fingerprint density at radius 2 is 1.88 bits per heavy atom. The maximum absolute atomic E-state index is 12.5. The third-order valence-corrected chi connectivity index (χ3v) is 4.76. The van der Waals surface area contributed by atoms with Gasteiger partial charge < -0.3 is 9.84 Å². The molecule has 0 saturated heterocycles. The molecule has 2 aromatic rings. The van der Waals surface area contributed by atoms with E-state index in [1.165, 1.54) is 12.1 Å². The number of hydrogen-bond donors (Lipinski definition) is 2. The zero-order chi connectivity index (χ0) is 17.6. The second-order valence-corrected chi connectivity index (χ2v) is 6.87. The van der Waals surface area contributed by atoms with Crippen molar-refractivity contribution in [3.05, 3.63) is 54.1 Å². The highest BCUT2D eigenvalue weighted by Gasteiger charge is 2.22. The standard InChI is InChI=1S/C17H19NO5S/c1-2-3-11-18-24(21,22)16-12-13(17(19)20)9-10-15(16)23-14-7-5-4-6-8-14/h4-10,12,18H,2-3,11H2,1H3,(H,19,20). The van der Waals surface area contributed by atoms with Crippen LogP contribution in [0.2, 0.25) is 0 Å². The van der Waals surface area contributed by atoms with Crippen molar-refractivity contribution in [2.45, 2.75) is 24.7 Å². The summed E-state index contributed by atoms with van der Waals surface area (Å²) in [5.74, 6) is -0.660. The zero-order valence-electron chi connectivity index (χ0n) is 13.2. The van der Waals surface area contributed by atoms with E-state index in [4.69, 9.17) is 9.84 Å². The summed E-state index contributed by atoms with van der Waals surface area (Å²) >= 11 is 0. The molecule has 0 radical (unpaired) electrons. The summed E-state index contributed by atoms with van der Waals surface area (Å²) in [6.45, 7) is 2.23. The van der Waals surface area contributed by atoms with Gasteiger partial charge in [-0.15, -0.1) is 0 Å². The Hall–Kier alpha value is -2.38. The van der Waals surface area contributed by atoms with Crippen molar-refractivity contribution < 1.29 is 23.1 Å². The SMILES string of the molecule is CCCCNS(=O)(=O)c1cc(C(=O)O)ccc1Oc1ccccc1. The molecule has 2 rings (SSSR count). The summed E-state index contributed by atoms with van der Waals surface area (Å²) < 4.78 is 33.1. The number of nitrogens with one attached hydrogen (secondary N) is 1. The molecule has 6 nitrogen and oxygen atoms in total. The van der Waals surface area contributed by atoms with Gasteiger partial charge in [-0.3, -0.25) is 0 Å². The summed E-state index contributed by atoms with van der Waals surface area (Å²) in [6.07, 6.45) is 1.53. The number of carboxylic acid groups (broad SMARTS) is 1. The average Bonchev–Trinajstić information content (AvgIpc) is 2.56. The van der Waals surface area contributed by atoms with Crippen molar-refractivity contribution in [3.8, 4) is 11.5 Å². The van der Waals surface area contributed by atoms with E-state index in [9.17, 15) is 13.2 Å². The van der Waals surface area contributed by atoms with Gasteiger partial charge in [-0.2, -0.15) is 0 Å². The van der Waals surface area contributed by atoms with E-state index in [-0.39, 0.29) is 22.8 Å². The first-order chi connectivity index (χ1) is 11.4. The largest absolute Gasteiger partial charge is 0.478 e. The van der Waals surface area contributed by atoms with Crippen molar-refractivity contribution in [1.82, 2.24) is 4.72 Å². The summed E-state index contributed by atoms with van der Waals surface area (Å²) in [4.78, 5) is 11.0. The topological polar surface area (TPSA) is 92.7 Å². The summed E-state index contributed by atoms with van der Waals surface area (Å²) in [7, 11) is -3.88. The number of carbonyl (C=O) groups is 1. The number of hydrogen-bond acceptors (Lipinski definition) is 4. The molecular formula is C17H19NO5S. The molecule has 0 aliphatic rings. The predicted octanol–water partition coefficient (Wildman–Crippen LogP) is 3.26. The van der Waals surface area contributed by atoms with Crippen molar-refractivity contribution in [2.75, 3.05) is 6.54 Å². The highest BCUT2D eigenvalue weighted by atomic mass is 32.2. The fourth-order valence-electron chi connectivity index (χ4n) is 2.01. The fraction of sp³-hybridized carbons (Fsp3) is 0.235. The van der Waals surface area contributed by atoms with Gasteiger partial charge in [0.25, 0.3) is 0 Å². The van der Waals surface area contributed by atoms with Gasteiger partial charge >= 0.3 is 5.97 Å². The molecule has 0 bridgehead atoms. The number of rotatable bonds is 8. The zero-order valence-corrected chi connectivity index (χ0v) is 14.0. The van der Waals surface area contributed by atoms with Gasteiger partial charge in [0.2, 0.25) is 10.0 Å². The van der Waals surface area contributed by atoms with Gasteiger partial charge in [-0.05, 0) is 36.8 Å². The van der Waals surface area contributed by atoms with Gasteiger partial charge in [-0.25, -0.2) is 17.9 Å². The van der Waals surface area contributed by atoms with Crippen LogP contribution in [0.5, 0.6) is 11.5 Å². The van der Waals surface area contributed by atoms with Crippen LogP contribution in [0.4, 0.5) is 0 Å². The molecule has 0 aliphatic carbocycles. The normalized spacial score (nSPS) is 11.2. The van der Waals surface area contributed by atoms with Crippen LogP contribution in [0.15, 0.2) is 53.4 Å². The number of aromatic carboxylic acids is 1. The summed E-state index contributed by atoms with van der Waals surface area (Å²) in [5.41, 5.74) is -0.119. The summed E-state index contributed by atoms with van der Waals surface area (Å²) in [6, 6.07) is 12.5. The second-order valence-electron chi connectivity index (χ2n) is 5.13. The number of para-hydroxylation sites is 1. The van der Waals surface area contributed by atoms with Crippen LogP contribution in [0.1, 0.15) is 30.1 Å².